The molecular formula is C18H36IN5O2. The minimum absolute atomic E-state index is 0. The minimum atomic E-state index is -0.192. The molecule has 0 aliphatic carbocycles. The smallest absolute Gasteiger partial charge is 0.409 e. The monoisotopic (exact) mass is 481 g/mol. The van der Waals surface area contributed by atoms with E-state index < -0.39 is 0 Å². The number of nitrogens with one attached hydrogen (secondary N) is 2. The molecular weight excluding hydrogens is 445 g/mol. The van der Waals surface area contributed by atoms with E-state index in [1.54, 1.807) is 4.90 Å². The van der Waals surface area contributed by atoms with Crippen molar-refractivity contribution < 1.29 is 9.53 Å². The summed E-state index contributed by atoms with van der Waals surface area (Å²) in [6, 6.07) is 0.360. The van der Waals surface area contributed by atoms with Gasteiger partial charge in [0.05, 0.1) is 13.2 Å². The van der Waals surface area contributed by atoms with Crippen LogP contribution < -0.4 is 10.6 Å². The first kappa shape index (κ1) is 23.3. The number of halogens is 1. The molecule has 0 bridgehead atoms. The fraction of sp³-hybridized carbons (Fsp3) is 0.889. The predicted octanol–water partition coefficient (Wildman–Crippen LogP) is 2.27. The number of amides is 1. The van der Waals surface area contributed by atoms with Gasteiger partial charge in [0.25, 0.3) is 0 Å². The van der Waals surface area contributed by atoms with Gasteiger partial charge in [0, 0.05) is 32.2 Å². The first-order valence-electron chi connectivity index (χ1n) is 9.91. The Morgan fingerprint density at radius 1 is 1.12 bits per heavy atom. The number of rotatable bonds is 6. The molecule has 1 amide bonds. The second kappa shape index (κ2) is 13.4. The van der Waals surface area contributed by atoms with Crippen molar-refractivity contribution in [2.24, 2.45) is 4.99 Å². The molecule has 2 saturated heterocycles. The van der Waals surface area contributed by atoms with Gasteiger partial charge >= 0.3 is 6.09 Å². The molecule has 0 aromatic carbocycles. The van der Waals surface area contributed by atoms with Crippen LogP contribution in [0, 0.1) is 0 Å². The van der Waals surface area contributed by atoms with Gasteiger partial charge in [0.2, 0.25) is 0 Å². The third-order valence-corrected chi connectivity index (χ3v) is 4.84. The van der Waals surface area contributed by atoms with Crippen molar-refractivity contribution in [3.05, 3.63) is 0 Å². The van der Waals surface area contributed by atoms with Gasteiger partial charge in [-0.25, -0.2) is 4.79 Å². The zero-order valence-corrected chi connectivity index (χ0v) is 18.7. The number of hydrogen-bond donors (Lipinski definition) is 2. The molecule has 26 heavy (non-hydrogen) atoms. The number of aliphatic imine (C=N–C) groups is 1. The molecule has 0 spiro atoms. The van der Waals surface area contributed by atoms with E-state index in [2.05, 4.69) is 22.5 Å². The first-order chi connectivity index (χ1) is 12.2. The molecule has 0 aromatic rings. The lowest BCUT2D eigenvalue weighted by atomic mass is 10.1. The third kappa shape index (κ3) is 8.28. The number of nitrogens with zero attached hydrogens (tertiary/aromatic N) is 3. The van der Waals surface area contributed by atoms with Gasteiger partial charge in [-0.1, -0.05) is 6.42 Å². The van der Waals surface area contributed by atoms with Crippen molar-refractivity contribution in [3.63, 3.8) is 0 Å². The molecule has 2 N–H and O–H groups in total. The molecule has 0 saturated carbocycles. The lowest BCUT2D eigenvalue weighted by Gasteiger charge is -2.32. The summed E-state index contributed by atoms with van der Waals surface area (Å²) in [6.45, 7) is 11.0. The Bertz CT molecular complexity index is 422. The van der Waals surface area contributed by atoms with Gasteiger partial charge in [0.15, 0.2) is 5.96 Å². The maximum atomic E-state index is 11.8. The van der Waals surface area contributed by atoms with Gasteiger partial charge in [0.1, 0.15) is 0 Å². The summed E-state index contributed by atoms with van der Waals surface area (Å²) in [7, 11) is 0. The second-order valence-corrected chi connectivity index (χ2v) is 6.77. The largest absolute Gasteiger partial charge is 0.450 e. The number of piperidine rings is 2. The fourth-order valence-electron chi connectivity index (χ4n) is 3.42. The summed E-state index contributed by atoms with van der Waals surface area (Å²) >= 11 is 0. The number of ether oxygens (including phenoxy) is 1. The predicted molar refractivity (Wildman–Crippen MR) is 116 cm³/mol. The van der Waals surface area contributed by atoms with E-state index >= 15 is 0 Å². The zero-order chi connectivity index (χ0) is 17.9. The summed E-state index contributed by atoms with van der Waals surface area (Å²) < 4.78 is 5.07. The summed E-state index contributed by atoms with van der Waals surface area (Å²) in [5.41, 5.74) is 0. The molecule has 0 aromatic heterocycles. The summed E-state index contributed by atoms with van der Waals surface area (Å²) in [4.78, 5) is 20.8. The van der Waals surface area contributed by atoms with Gasteiger partial charge in [-0.2, -0.15) is 0 Å². The first-order valence-corrected chi connectivity index (χ1v) is 9.91. The van der Waals surface area contributed by atoms with E-state index in [1.807, 2.05) is 6.92 Å². The van der Waals surface area contributed by atoms with Crippen LogP contribution in [0.15, 0.2) is 4.99 Å². The Kier molecular flexibility index (Phi) is 12.0. The molecule has 0 radical (unpaired) electrons. The van der Waals surface area contributed by atoms with Crippen LogP contribution in [0.2, 0.25) is 0 Å². The molecule has 2 aliphatic rings. The van der Waals surface area contributed by atoms with E-state index in [4.69, 9.17) is 9.73 Å². The second-order valence-electron chi connectivity index (χ2n) is 6.77. The van der Waals surface area contributed by atoms with Crippen LogP contribution in [0.25, 0.3) is 0 Å². The molecule has 2 rings (SSSR count). The van der Waals surface area contributed by atoms with E-state index in [1.165, 1.54) is 32.4 Å². The molecule has 8 heteroatoms. The van der Waals surface area contributed by atoms with Gasteiger partial charge in [-0.05, 0) is 52.6 Å². The van der Waals surface area contributed by atoms with Crippen molar-refractivity contribution in [2.75, 3.05) is 52.4 Å². The van der Waals surface area contributed by atoms with Crippen molar-refractivity contribution in [2.45, 2.75) is 52.0 Å². The Labute approximate surface area is 175 Å². The van der Waals surface area contributed by atoms with Crippen LogP contribution >= 0.6 is 24.0 Å². The van der Waals surface area contributed by atoms with Gasteiger partial charge in [-0.3, -0.25) is 4.99 Å². The van der Waals surface area contributed by atoms with Crippen LogP contribution in [-0.4, -0.2) is 80.3 Å². The molecule has 2 heterocycles. The average Bonchev–Trinajstić information content (AvgIpc) is 2.63. The average molecular weight is 481 g/mol. The highest BCUT2D eigenvalue weighted by molar-refractivity contribution is 14.0. The normalized spacial score (nSPS) is 19.6. The van der Waals surface area contributed by atoms with Crippen LogP contribution in [-0.2, 0) is 4.74 Å². The standard InChI is InChI=1S/C18H35N5O2.HI/c1-3-19-17(20-10-15-22-11-6-5-7-12-22)21-16-8-13-23(14-9-16)18(24)25-4-2;/h16H,3-15H2,1-2H3,(H2,19,20,21);1H. The zero-order valence-electron chi connectivity index (χ0n) is 16.3. The molecule has 0 unspecified atom stereocenters. The van der Waals surface area contributed by atoms with Gasteiger partial charge in [-0.15, -0.1) is 24.0 Å². The SMILES string of the molecule is CCNC(=NCCN1CCCCC1)NC1CCN(C(=O)OCC)CC1.I. The molecule has 2 aliphatic heterocycles. The summed E-state index contributed by atoms with van der Waals surface area (Å²) in [5, 5.41) is 6.86. The topological polar surface area (TPSA) is 69.2 Å². The minimum Gasteiger partial charge on any atom is -0.450 e. The molecule has 2 fully saturated rings. The fourth-order valence-corrected chi connectivity index (χ4v) is 3.42. The van der Waals surface area contributed by atoms with Crippen LogP contribution in [0.5, 0.6) is 0 Å². The van der Waals surface area contributed by atoms with Crippen molar-refractivity contribution in [1.29, 1.82) is 0 Å². The quantitative estimate of drug-likeness (QED) is 0.346. The Morgan fingerprint density at radius 2 is 1.81 bits per heavy atom. The molecule has 152 valence electrons. The number of carbonyl (C=O) groups is 1. The maximum Gasteiger partial charge on any atom is 0.409 e. The van der Waals surface area contributed by atoms with E-state index in [-0.39, 0.29) is 30.1 Å². The van der Waals surface area contributed by atoms with E-state index in [0.717, 1.165) is 51.5 Å². The summed E-state index contributed by atoms with van der Waals surface area (Å²) in [6.07, 6.45) is 5.67. The highest BCUT2D eigenvalue weighted by atomic mass is 127. The number of likely N-dealkylation sites (tertiary alicyclic amines) is 2. The maximum absolute atomic E-state index is 11.8. The highest BCUT2D eigenvalue weighted by Crippen LogP contribution is 2.11. The summed E-state index contributed by atoms with van der Waals surface area (Å²) in [5.74, 6) is 0.897. The number of carbonyl (C=O) groups excluding carboxylic acids is 1. The Hall–Kier alpha value is -0.770. The van der Waals surface area contributed by atoms with Gasteiger partial charge < -0.3 is 25.2 Å². The highest BCUT2D eigenvalue weighted by Gasteiger charge is 2.24. The Morgan fingerprint density at radius 3 is 2.42 bits per heavy atom. The Balaban J connectivity index is 0.00000338. The van der Waals surface area contributed by atoms with Crippen molar-refractivity contribution >= 4 is 36.0 Å². The van der Waals surface area contributed by atoms with Crippen LogP contribution in [0.1, 0.15) is 46.0 Å². The van der Waals surface area contributed by atoms with E-state index in [9.17, 15) is 4.79 Å². The van der Waals surface area contributed by atoms with E-state index in [0.29, 0.717) is 12.6 Å². The van der Waals surface area contributed by atoms with Crippen molar-refractivity contribution in [3.8, 4) is 0 Å². The number of hydrogen-bond acceptors (Lipinski definition) is 4. The molecule has 7 nitrogen and oxygen atoms in total. The molecule has 0 atom stereocenters. The van der Waals surface area contributed by atoms with Crippen LogP contribution in [0.3, 0.4) is 0 Å². The van der Waals surface area contributed by atoms with Crippen LogP contribution in [0.4, 0.5) is 4.79 Å². The van der Waals surface area contributed by atoms with Crippen molar-refractivity contribution in [1.82, 2.24) is 20.4 Å². The lowest BCUT2D eigenvalue weighted by Crippen LogP contribution is -2.50. The lowest BCUT2D eigenvalue weighted by molar-refractivity contribution is 0.0963. The number of guanidine groups is 1. The third-order valence-electron chi connectivity index (χ3n) is 4.84.